The van der Waals surface area contributed by atoms with Crippen LogP contribution in [0.25, 0.3) is 0 Å². The number of amidine groups is 1. The summed E-state index contributed by atoms with van der Waals surface area (Å²) in [5.74, 6) is 0.348. The van der Waals surface area contributed by atoms with Crippen LogP contribution in [0.15, 0.2) is 18.3 Å². The standard InChI is InChI=1S/C8H8F3N3S.ClH/c9-8(10,11)6-2-1-5(3-14-6)4-15-7(12)13;/h1-3H,4H2,(H3,12,13);1H. The van der Waals surface area contributed by atoms with Crippen molar-refractivity contribution in [2.75, 3.05) is 0 Å². The monoisotopic (exact) mass is 271 g/mol. The van der Waals surface area contributed by atoms with Gasteiger partial charge in [-0.25, -0.2) is 0 Å². The number of pyridine rings is 1. The lowest BCUT2D eigenvalue weighted by Crippen LogP contribution is -2.08. The number of rotatable bonds is 2. The Labute approximate surface area is 101 Å². The van der Waals surface area contributed by atoms with Crippen molar-refractivity contribution in [3.63, 3.8) is 0 Å². The van der Waals surface area contributed by atoms with Crippen LogP contribution in [0.1, 0.15) is 11.3 Å². The summed E-state index contributed by atoms with van der Waals surface area (Å²) in [6, 6.07) is 2.24. The van der Waals surface area contributed by atoms with E-state index in [0.29, 0.717) is 11.3 Å². The Morgan fingerprint density at radius 3 is 2.44 bits per heavy atom. The predicted molar refractivity (Wildman–Crippen MR) is 59.7 cm³/mol. The molecule has 3 N–H and O–H groups in total. The fourth-order valence-corrected chi connectivity index (χ4v) is 1.33. The zero-order valence-electron chi connectivity index (χ0n) is 7.91. The van der Waals surface area contributed by atoms with Gasteiger partial charge >= 0.3 is 6.18 Å². The quantitative estimate of drug-likeness (QED) is 0.642. The Kier molecular flexibility index (Phi) is 5.60. The molecule has 0 radical (unpaired) electrons. The van der Waals surface area contributed by atoms with Crippen LogP contribution in [0.3, 0.4) is 0 Å². The zero-order chi connectivity index (χ0) is 11.5. The van der Waals surface area contributed by atoms with Gasteiger partial charge in [0.15, 0.2) is 5.17 Å². The second kappa shape index (κ2) is 5.95. The first-order valence-electron chi connectivity index (χ1n) is 3.88. The van der Waals surface area contributed by atoms with E-state index in [1.54, 1.807) is 0 Å². The number of alkyl halides is 3. The number of halogens is 4. The minimum atomic E-state index is -4.41. The Morgan fingerprint density at radius 1 is 1.44 bits per heavy atom. The normalized spacial score (nSPS) is 10.7. The van der Waals surface area contributed by atoms with Crippen LogP contribution >= 0.6 is 24.2 Å². The van der Waals surface area contributed by atoms with Gasteiger partial charge in [0.25, 0.3) is 0 Å². The van der Waals surface area contributed by atoms with Crippen molar-refractivity contribution in [1.82, 2.24) is 4.98 Å². The average Bonchev–Trinajstić information content (AvgIpc) is 2.14. The highest BCUT2D eigenvalue weighted by Gasteiger charge is 2.31. The van der Waals surface area contributed by atoms with E-state index in [9.17, 15) is 13.2 Å². The molecule has 0 spiro atoms. The largest absolute Gasteiger partial charge is 0.433 e. The van der Waals surface area contributed by atoms with E-state index in [-0.39, 0.29) is 17.6 Å². The number of nitrogens with zero attached hydrogens (tertiary/aromatic N) is 1. The molecule has 1 rings (SSSR count). The van der Waals surface area contributed by atoms with Crippen molar-refractivity contribution >= 4 is 29.3 Å². The number of nitrogens with one attached hydrogen (secondary N) is 1. The summed E-state index contributed by atoms with van der Waals surface area (Å²) in [6.45, 7) is 0. The summed E-state index contributed by atoms with van der Waals surface area (Å²) in [4.78, 5) is 3.28. The van der Waals surface area contributed by atoms with Crippen molar-refractivity contribution in [1.29, 1.82) is 5.41 Å². The van der Waals surface area contributed by atoms with Crippen molar-refractivity contribution in [2.45, 2.75) is 11.9 Å². The number of hydrogen-bond donors (Lipinski definition) is 2. The number of thioether (sulfide) groups is 1. The second-order valence-electron chi connectivity index (χ2n) is 2.70. The SMILES string of the molecule is Cl.N=C(N)SCc1ccc(C(F)(F)F)nc1. The fraction of sp³-hybridized carbons (Fsp3) is 0.250. The molecular formula is C8H9ClF3N3S. The highest BCUT2D eigenvalue weighted by Crippen LogP contribution is 2.27. The third-order valence-corrected chi connectivity index (χ3v) is 2.30. The molecule has 90 valence electrons. The Bertz CT molecular complexity index is 353. The number of hydrogen-bond acceptors (Lipinski definition) is 3. The summed E-state index contributed by atoms with van der Waals surface area (Å²) < 4.78 is 36.3. The summed E-state index contributed by atoms with van der Waals surface area (Å²) in [5.41, 5.74) is 4.77. The molecule has 0 fully saturated rings. The molecule has 0 saturated carbocycles. The molecule has 0 aromatic carbocycles. The van der Waals surface area contributed by atoms with Crippen molar-refractivity contribution in [3.8, 4) is 0 Å². The lowest BCUT2D eigenvalue weighted by molar-refractivity contribution is -0.141. The molecule has 16 heavy (non-hydrogen) atoms. The maximum atomic E-state index is 12.1. The molecule has 0 aliphatic rings. The highest BCUT2D eigenvalue weighted by molar-refractivity contribution is 8.13. The van der Waals surface area contributed by atoms with E-state index in [1.165, 1.54) is 6.07 Å². The zero-order valence-corrected chi connectivity index (χ0v) is 9.55. The van der Waals surface area contributed by atoms with E-state index in [1.807, 2.05) is 0 Å². The molecule has 0 amide bonds. The fourth-order valence-electron chi connectivity index (χ4n) is 0.839. The summed E-state index contributed by atoms with van der Waals surface area (Å²) in [5, 5.41) is 6.85. The average molecular weight is 272 g/mol. The maximum Gasteiger partial charge on any atom is 0.433 e. The van der Waals surface area contributed by atoms with Crippen molar-refractivity contribution in [2.24, 2.45) is 5.73 Å². The topological polar surface area (TPSA) is 62.8 Å². The first-order chi connectivity index (χ1) is 6.89. The molecule has 0 aliphatic heterocycles. The van der Waals surface area contributed by atoms with E-state index in [4.69, 9.17) is 11.1 Å². The molecule has 0 atom stereocenters. The van der Waals surface area contributed by atoms with Gasteiger partial charge in [0.2, 0.25) is 0 Å². The Hall–Kier alpha value is -0.950. The molecular weight excluding hydrogens is 263 g/mol. The maximum absolute atomic E-state index is 12.1. The molecule has 0 unspecified atom stereocenters. The lowest BCUT2D eigenvalue weighted by atomic mass is 10.3. The Balaban J connectivity index is 0.00000225. The van der Waals surface area contributed by atoms with Crippen LogP contribution in [-0.2, 0) is 11.9 Å². The highest BCUT2D eigenvalue weighted by atomic mass is 35.5. The van der Waals surface area contributed by atoms with Crippen molar-refractivity contribution < 1.29 is 13.2 Å². The minimum Gasteiger partial charge on any atom is -0.379 e. The lowest BCUT2D eigenvalue weighted by Gasteiger charge is -2.05. The molecule has 3 nitrogen and oxygen atoms in total. The molecule has 0 bridgehead atoms. The molecule has 0 aliphatic carbocycles. The molecule has 8 heteroatoms. The van der Waals surface area contributed by atoms with Crippen LogP contribution in [0.2, 0.25) is 0 Å². The van der Waals surface area contributed by atoms with Crippen LogP contribution in [0, 0.1) is 5.41 Å². The third kappa shape index (κ3) is 4.71. The summed E-state index contributed by atoms with van der Waals surface area (Å²) in [6.07, 6.45) is -3.27. The van der Waals surface area contributed by atoms with Gasteiger partial charge in [0.1, 0.15) is 5.69 Å². The number of nitrogens with two attached hydrogens (primary N) is 1. The Morgan fingerprint density at radius 2 is 2.06 bits per heavy atom. The molecule has 1 heterocycles. The van der Waals surface area contributed by atoms with Crippen LogP contribution in [0.4, 0.5) is 13.2 Å². The van der Waals surface area contributed by atoms with E-state index in [0.717, 1.165) is 24.0 Å². The first-order valence-corrected chi connectivity index (χ1v) is 4.87. The van der Waals surface area contributed by atoms with Gasteiger partial charge in [-0.3, -0.25) is 10.4 Å². The summed E-state index contributed by atoms with van der Waals surface area (Å²) in [7, 11) is 0. The predicted octanol–water partition coefficient (Wildman–Crippen LogP) is 2.65. The minimum absolute atomic E-state index is 0. The van der Waals surface area contributed by atoms with Gasteiger partial charge in [0, 0.05) is 11.9 Å². The number of aromatic nitrogens is 1. The second-order valence-corrected chi connectivity index (χ2v) is 3.72. The third-order valence-electron chi connectivity index (χ3n) is 1.51. The molecule has 1 aromatic rings. The van der Waals surface area contributed by atoms with Gasteiger partial charge in [-0.2, -0.15) is 13.2 Å². The first kappa shape index (κ1) is 15.0. The van der Waals surface area contributed by atoms with Gasteiger partial charge in [-0.05, 0) is 11.6 Å². The summed E-state index contributed by atoms with van der Waals surface area (Å²) >= 11 is 1.04. The van der Waals surface area contributed by atoms with Gasteiger partial charge in [-0.1, -0.05) is 17.8 Å². The van der Waals surface area contributed by atoms with E-state index in [2.05, 4.69) is 4.98 Å². The molecule has 1 aromatic heterocycles. The van der Waals surface area contributed by atoms with E-state index >= 15 is 0 Å². The van der Waals surface area contributed by atoms with Gasteiger partial charge < -0.3 is 5.73 Å². The van der Waals surface area contributed by atoms with Crippen molar-refractivity contribution in [3.05, 3.63) is 29.6 Å². The van der Waals surface area contributed by atoms with Crippen LogP contribution in [-0.4, -0.2) is 10.2 Å². The van der Waals surface area contributed by atoms with Crippen LogP contribution < -0.4 is 5.73 Å². The van der Waals surface area contributed by atoms with Gasteiger partial charge in [0.05, 0.1) is 0 Å². The molecule has 0 saturated heterocycles. The van der Waals surface area contributed by atoms with E-state index < -0.39 is 11.9 Å². The smallest absolute Gasteiger partial charge is 0.379 e. The van der Waals surface area contributed by atoms with Crippen LogP contribution in [0.5, 0.6) is 0 Å². The van der Waals surface area contributed by atoms with Gasteiger partial charge in [-0.15, -0.1) is 12.4 Å².